The number of nitrogens with one attached hydrogen (secondary N) is 2. The summed E-state index contributed by atoms with van der Waals surface area (Å²) in [5.41, 5.74) is 0. The number of likely N-dealkylation sites (N-methyl/N-ethyl adjacent to an activating group) is 1. The molecule has 0 radical (unpaired) electrons. The third-order valence-corrected chi connectivity index (χ3v) is 4.72. The Morgan fingerprint density at radius 1 is 1.17 bits per heavy atom. The van der Waals surface area contributed by atoms with Gasteiger partial charge in [0.25, 0.3) is 0 Å². The van der Waals surface area contributed by atoms with Gasteiger partial charge in [0.1, 0.15) is 0 Å². The van der Waals surface area contributed by atoms with Crippen molar-refractivity contribution in [3.63, 3.8) is 0 Å². The van der Waals surface area contributed by atoms with Gasteiger partial charge < -0.3 is 10.6 Å². The number of aliphatic imine (C=N–C) groups is 1. The van der Waals surface area contributed by atoms with Crippen LogP contribution >= 0.6 is 0 Å². The first-order chi connectivity index (χ1) is 11.7. The second-order valence-corrected chi connectivity index (χ2v) is 6.36. The summed E-state index contributed by atoms with van der Waals surface area (Å²) in [4.78, 5) is 32.1. The van der Waals surface area contributed by atoms with Gasteiger partial charge in [0.15, 0.2) is 5.96 Å². The molecule has 0 aromatic carbocycles. The first-order valence-electron chi connectivity index (χ1n) is 9.25. The summed E-state index contributed by atoms with van der Waals surface area (Å²) in [5.74, 6) is 0.649. The molecule has 2 amide bonds. The Labute approximate surface area is 144 Å². The Morgan fingerprint density at radius 2 is 1.92 bits per heavy atom. The van der Waals surface area contributed by atoms with Crippen molar-refractivity contribution in [2.24, 2.45) is 4.99 Å². The number of amides is 2. The fourth-order valence-electron chi connectivity index (χ4n) is 3.39. The Morgan fingerprint density at radius 3 is 2.58 bits per heavy atom. The lowest BCUT2D eigenvalue weighted by Gasteiger charge is -2.25. The van der Waals surface area contributed by atoms with E-state index in [4.69, 9.17) is 0 Å². The van der Waals surface area contributed by atoms with E-state index in [9.17, 15) is 9.59 Å². The molecular weight excluding hydrogens is 306 g/mol. The maximum Gasteiger partial charge on any atom is 0.229 e. The van der Waals surface area contributed by atoms with Gasteiger partial charge in [-0.05, 0) is 39.3 Å². The molecule has 0 aliphatic carbocycles. The van der Waals surface area contributed by atoms with Crippen molar-refractivity contribution in [1.29, 1.82) is 0 Å². The molecule has 7 heteroatoms. The molecule has 2 heterocycles. The van der Waals surface area contributed by atoms with Gasteiger partial charge in [-0.3, -0.25) is 24.4 Å². The summed E-state index contributed by atoms with van der Waals surface area (Å²) in [5, 5.41) is 6.47. The molecule has 1 atom stereocenters. The normalized spacial score (nSPS) is 23.0. The van der Waals surface area contributed by atoms with Gasteiger partial charge >= 0.3 is 0 Å². The maximum atomic E-state index is 11.8. The molecular formula is C17H31N5O2. The zero-order valence-corrected chi connectivity index (χ0v) is 15.0. The molecule has 0 spiro atoms. The van der Waals surface area contributed by atoms with Gasteiger partial charge in [0, 0.05) is 38.5 Å². The molecule has 7 nitrogen and oxygen atoms in total. The Kier molecular flexibility index (Phi) is 7.49. The van der Waals surface area contributed by atoms with Crippen LogP contribution in [0.15, 0.2) is 4.99 Å². The van der Waals surface area contributed by atoms with Crippen molar-refractivity contribution in [3.8, 4) is 0 Å². The van der Waals surface area contributed by atoms with Crippen molar-refractivity contribution in [3.05, 3.63) is 0 Å². The molecule has 2 fully saturated rings. The van der Waals surface area contributed by atoms with Crippen LogP contribution in [0, 0.1) is 0 Å². The number of piperidine rings is 1. The Hall–Kier alpha value is -1.63. The number of nitrogens with zero attached hydrogens (tertiary/aromatic N) is 3. The van der Waals surface area contributed by atoms with E-state index in [2.05, 4.69) is 27.4 Å². The highest BCUT2D eigenvalue weighted by Gasteiger charge is 2.25. The minimum Gasteiger partial charge on any atom is -0.357 e. The highest BCUT2D eigenvalue weighted by atomic mass is 16.2. The van der Waals surface area contributed by atoms with Crippen LogP contribution in [0.1, 0.15) is 46.0 Å². The van der Waals surface area contributed by atoms with E-state index < -0.39 is 0 Å². The lowest BCUT2D eigenvalue weighted by atomic mass is 10.1. The summed E-state index contributed by atoms with van der Waals surface area (Å²) in [6.07, 6.45) is 4.09. The smallest absolute Gasteiger partial charge is 0.229 e. The van der Waals surface area contributed by atoms with E-state index in [0.29, 0.717) is 38.4 Å². The van der Waals surface area contributed by atoms with E-state index in [1.54, 1.807) is 0 Å². The van der Waals surface area contributed by atoms with Crippen molar-refractivity contribution >= 4 is 17.8 Å². The molecule has 1 unspecified atom stereocenters. The van der Waals surface area contributed by atoms with E-state index in [1.165, 1.54) is 24.3 Å². The van der Waals surface area contributed by atoms with Gasteiger partial charge in [0.05, 0.1) is 6.54 Å². The highest BCUT2D eigenvalue weighted by Crippen LogP contribution is 2.16. The van der Waals surface area contributed by atoms with Crippen molar-refractivity contribution < 1.29 is 9.59 Å². The maximum absolute atomic E-state index is 11.8. The van der Waals surface area contributed by atoms with Crippen LogP contribution in [0.4, 0.5) is 0 Å². The standard InChI is InChI=1S/C17H31N5O2/c1-3-18-17(20-13-14-7-6-11-21(14)4-2)19-10-12-22-15(23)8-5-9-16(22)24/h14H,3-13H2,1-2H3,(H2,18,19,20). The number of imide groups is 1. The average molecular weight is 337 g/mol. The van der Waals surface area contributed by atoms with E-state index in [1.807, 2.05) is 6.92 Å². The third kappa shape index (κ3) is 5.19. The summed E-state index contributed by atoms with van der Waals surface area (Å²) in [6, 6.07) is 0.524. The van der Waals surface area contributed by atoms with E-state index >= 15 is 0 Å². The van der Waals surface area contributed by atoms with Crippen LogP contribution in [-0.4, -0.2) is 72.9 Å². The molecule has 2 rings (SSSR count). The number of likely N-dealkylation sites (tertiary alicyclic amines) is 2. The molecule has 0 saturated carbocycles. The molecule has 2 saturated heterocycles. The molecule has 2 aliphatic heterocycles. The monoisotopic (exact) mass is 337 g/mol. The zero-order valence-electron chi connectivity index (χ0n) is 15.0. The molecule has 136 valence electrons. The zero-order chi connectivity index (χ0) is 17.4. The highest BCUT2D eigenvalue weighted by molar-refractivity contribution is 5.97. The van der Waals surface area contributed by atoms with Crippen molar-refractivity contribution in [2.75, 3.05) is 39.3 Å². The van der Waals surface area contributed by atoms with Crippen LogP contribution in [-0.2, 0) is 9.59 Å². The number of rotatable bonds is 7. The van der Waals surface area contributed by atoms with E-state index in [0.717, 1.165) is 25.6 Å². The minimum atomic E-state index is -0.0560. The second-order valence-electron chi connectivity index (χ2n) is 6.36. The Balaban J connectivity index is 1.80. The fourth-order valence-corrected chi connectivity index (χ4v) is 3.39. The van der Waals surface area contributed by atoms with Crippen LogP contribution < -0.4 is 10.6 Å². The first kappa shape index (κ1) is 18.7. The van der Waals surface area contributed by atoms with Gasteiger partial charge in [-0.2, -0.15) is 0 Å². The summed E-state index contributed by atoms with van der Waals surface area (Å²) in [7, 11) is 0. The predicted molar refractivity (Wildman–Crippen MR) is 94.8 cm³/mol. The van der Waals surface area contributed by atoms with Crippen molar-refractivity contribution in [2.45, 2.75) is 52.0 Å². The van der Waals surface area contributed by atoms with Gasteiger partial charge in [-0.1, -0.05) is 6.92 Å². The first-order valence-corrected chi connectivity index (χ1v) is 9.25. The topological polar surface area (TPSA) is 77.0 Å². The number of carbonyl (C=O) groups is 2. The SMILES string of the molecule is CCNC(=NCC1CCCN1CC)NCCN1C(=O)CCCC1=O. The van der Waals surface area contributed by atoms with Gasteiger partial charge in [0.2, 0.25) is 11.8 Å². The summed E-state index contributed by atoms with van der Waals surface area (Å²) in [6.45, 7) is 8.97. The third-order valence-electron chi connectivity index (χ3n) is 4.72. The van der Waals surface area contributed by atoms with Crippen LogP contribution in [0.2, 0.25) is 0 Å². The molecule has 2 aliphatic rings. The Bertz CT molecular complexity index is 450. The van der Waals surface area contributed by atoms with E-state index in [-0.39, 0.29) is 11.8 Å². The molecule has 0 aromatic rings. The fraction of sp³-hybridized carbons (Fsp3) is 0.824. The quantitative estimate of drug-likeness (QED) is 0.403. The second kappa shape index (κ2) is 9.61. The number of hydrogen-bond donors (Lipinski definition) is 2. The number of hydrogen-bond acceptors (Lipinski definition) is 4. The largest absolute Gasteiger partial charge is 0.357 e. The number of guanidine groups is 1. The van der Waals surface area contributed by atoms with Gasteiger partial charge in [-0.25, -0.2) is 0 Å². The van der Waals surface area contributed by atoms with Crippen LogP contribution in [0.25, 0.3) is 0 Å². The molecule has 0 aromatic heterocycles. The summed E-state index contributed by atoms with van der Waals surface area (Å²) >= 11 is 0. The predicted octanol–water partition coefficient (Wildman–Crippen LogP) is 0.565. The minimum absolute atomic E-state index is 0.0560. The van der Waals surface area contributed by atoms with Crippen LogP contribution in [0.3, 0.4) is 0 Å². The number of carbonyl (C=O) groups excluding carboxylic acids is 2. The lowest BCUT2D eigenvalue weighted by molar-refractivity contribution is -0.147. The summed E-state index contributed by atoms with van der Waals surface area (Å²) < 4.78 is 0. The molecule has 0 bridgehead atoms. The molecule has 2 N–H and O–H groups in total. The lowest BCUT2D eigenvalue weighted by Crippen LogP contribution is -2.46. The molecule has 24 heavy (non-hydrogen) atoms. The van der Waals surface area contributed by atoms with Crippen LogP contribution in [0.5, 0.6) is 0 Å². The van der Waals surface area contributed by atoms with Crippen molar-refractivity contribution in [1.82, 2.24) is 20.4 Å². The van der Waals surface area contributed by atoms with Gasteiger partial charge in [-0.15, -0.1) is 0 Å². The average Bonchev–Trinajstić information content (AvgIpc) is 3.02.